The maximum absolute atomic E-state index is 14.5. The SMILES string of the molecule is [2H]C([2H])([2H])N(CCN(C(=O)Cn1c(SCc2ccc(F)cc2)nc(=O)c2c1CCC2)C([2H])(C)c1ccc(-c2ccc(C(F)(F)F)cc2)cc1)C([2H])([2H])C.[2H]C([2H])([2H])N(CCN(Cc1ccc(-c2ccc(C(F)(F)F)cc2)cc1)C(=O)Cn1c(SCc2ccc(F)cc2)nc(=O)c2c1CCC2)C([2H])([2H])C. The van der Waals surface area contributed by atoms with Crippen LogP contribution in [0.25, 0.3) is 22.3 Å². The van der Waals surface area contributed by atoms with E-state index in [1.54, 1.807) is 81.9 Å². The van der Waals surface area contributed by atoms with Gasteiger partial charge in [0.2, 0.25) is 11.8 Å². The number of alkyl halides is 6. The predicted molar refractivity (Wildman–Crippen MR) is 349 cm³/mol. The van der Waals surface area contributed by atoms with Crippen LogP contribution in [0.4, 0.5) is 35.1 Å². The van der Waals surface area contributed by atoms with Crippen molar-refractivity contribution in [3.63, 3.8) is 0 Å². The highest BCUT2D eigenvalue weighted by Crippen LogP contribution is 2.35. The fourth-order valence-corrected chi connectivity index (χ4v) is 12.8. The Kier molecular flexibility index (Phi) is 18.7. The van der Waals surface area contributed by atoms with Gasteiger partial charge < -0.3 is 28.7 Å². The van der Waals surface area contributed by atoms with Gasteiger partial charge in [-0.1, -0.05) is 134 Å². The van der Waals surface area contributed by atoms with Crippen LogP contribution >= 0.6 is 23.5 Å². The van der Waals surface area contributed by atoms with Gasteiger partial charge in [-0.3, -0.25) is 19.2 Å². The molecule has 0 spiro atoms. The second-order valence-corrected chi connectivity index (χ2v) is 24.0. The minimum atomic E-state index is -4.49. The fourth-order valence-electron chi connectivity index (χ4n) is 10.8. The van der Waals surface area contributed by atoms with Gasteiger partial charge in [-0.05, 0) is 165 Å². The molecule has 0 radical (unpaired) electrons. The van der Waals surface area contributed by atoms with Gasteiger partial charge in [0.25, 0.3) is 11.1 Å². The standard InChI is InChI=1S/C36H38F4N4O2S.C35H36F4N4O2S/c1-4-42(3)20-21-43(24(2)26-10-12-27(13-11-26)28-14-16-29(17-15-28)36(38,39)40)33(45)22-44-32-7-5-6-31(32)34(46)41-35(44)47-23-25-8-18-30(37)19-9-25;1-3-41(2)19-20-42(21-24-7-11-26(12-8-24)27-13-15-28(16-14-27)35(37,38)39)32(44)22-43-31-6-4-5-30(31)33(45)40-34(43)46-23-25-9-17-29(36)18-10-25/h8-19,24H,4-7,20-23H2,1-3H3;7-18H,3-6,19-23H2,1-2H3/i3D3,4D2,24D;2D3,3D2. The molecule has 0 N–H and O–H groups in total. The van der Waals surface area contributed by atoms with Crippen LogP contribution in [0.5, 0.6) is 0 Å². The topological polar surface area (TPSA) is 117 Å². The molecule has 93 heavy (non-hydrogen) atoms. The Bertz CT molecular complexity index is 4420. The minimum Gasteiger partial charge on any atom is -0.336 e. The highest BCUT2D eigenvalue weighted by atomic mass is 32.2. The van der Waals surface area contributed by atoms with Gasteiger partial charge >= 0.3 is 12.4 Å². The minimum absolute atomic E-state index is 0.0154. The molecule has 1 atom stereocenters. The quantitative estimate of drug-likeness (QED) is 0.0329. The lowest BCUT2D eigenvalue weighted by Gasteiger charge is -2.32. The zero-order valence-corrected chi connectivity index (χ0v) is 52.6. The van der Waals surface area contributed by atoms with Gasteiger partial charge in [-0.15, -0.1) is 0 Å². The van der Waals surface area contributed by atoms with Gasteiger partial charge in [0, 0.05) is 80.5 Å². The molecule has 490 valence electrons. The van der Waals surface area contributed by atoms with Crippen molar-refractivity contribution < 1.29 is 59.8 Å². The number of thioether (sulfide) groups is 2. The molecule has 22 heteroatoms. The monoisotopic (exact) mass is 1330 g/mol. The van der Waals surface area contributed by atoms with Crippen molar-refractivity contribution in [3.05, 3.63) is 234 Å². The Morgan fingerprint density at radius 2 is 0.935 bits per heavy atom. The molecule has 0 saturated heterocycles. The molecule has 10 rings (SSSR count). The second kappa shape index (κ2) is 31.3. The van der Waals surface area contributed by atoms with Crippen LogP contribution < -0.4 is 11.1 Å². The largest absolute Gasteiger partial charge is 0.416 e. The molecule has 2 aliphatic rings. The number of carbonyl (C=O) groups is 2. The number of fused-ring (bicyclic) bond motifs is 2. The van der Waals surface area contributed by atoms with Crippen LogP contribution in [0, 0.1) is 11.6 Å². The highest BCUT2D eigenvalue weighted by Gasteiger charge is 2.32. The van der Waals surface area contributed by atoms with E-state index in [9.17, 15) is 55.7 Å². The first-order valence-corrected chi connectivity index (χ1v) is 31.7. The first-order valence-electron chi connectivity index (χ1n) is 35.2. The molecular weight excluding hydrogens is 1240 g/mol. The van der Waals surface area contributed by atoms with Crippen molar-refractivity contribution >= 4 is 35.3 Å². The van der Waals surface area contributed by atoms with E-state index < -0.39 is 86.2 Å². The Morgan fingerprint density at radius 1 is 0.548 bits per heavy atom. The third-order valence-electron chi connectivity index (χ3n) is 16.0. The van der Waals surface area contributed by atoms with Gasteiger partial charge in [-0.2, -0.15) is 36.3 Å². The molecule has 8 aromatic rings. The van der Waals surface area contributed by atoms with Crippen molar-refractivity contribution in [2.75, 3.05) is 53.1 Å². The van der Waals surface area contributed by atoms with E-state index >= 15 is 0 Å². The summed E-state index contributed by atoms with van der Waals surface area (Å²) in [5.74, 6) is -1.17. The molecule has 6 aromatic carbocycles. The molecule has 0 bridgehead atoms. The van der Waals surface area contributed by atoms with Gasteiger partial charge in [0.1, 0.15) is 24.7 Å². The smallest absolute Gasteiger partial charge is 0.336 e. The van der Waals surface area contributed by atoms with Crippen molar-refractivity contribution in [2.24, 2.45) is 0 Å². The number of nitrogens with zero attached hydrogens (tertiary/aromatic N) is 8. The summed E-state index contributed by atoms with van der Waals surface area (Å²) in [6.45, 7) is -8.42. The molecule has 0 aliphatic heterocycles. The summed E-state index contributed by atoms with van der Waals surface area (Å²) >= 11 is 2.42. The molecule has 2 aromatic heterocycles. The van der Waals surface area contributed by atoms with Crippen LogP contribution in [0.3, 0.4) is 0 Å². The van der Waals surface area contributed by atoms with E-state index in [0.29, 0.717) is 121 Å². The summed E-state index contributed by atoms with van der Waals surface area (Å²) in [5, 5.41) is 0.558. The zero-order valence-electron chi connectivity index (χ0n) is 62.0. The third kappa shape index (κ3) is 18.3. The second-order valence-electron chi connectivity index (χ2n) is 22.1. The van der Waals surface area contributed by atoms with Crippen molar-refractivity contribution in [3.8, 4) is 22.3 Å². The average Bonchev–Trinajstić information content (AvgIpc) is 1.75. The maximum atomic E-state index is 14.5. The fraction of sp³-hybridized carbons (Fsp3) is 0.352. The van der Waals surface area contributed by atoms with Gasteiger partial charge in [0.05, 0.1) is 18.5 Å². The number of likely N-dealkylation sites (N-methyl/N-ethyl adjacent to an activating group) is 2. The molecule has 0 saturated carbocycles. The number of rotatable bonds is 24. The van der Waals surface area contributed by atoms with Crippen LogP contribution in [-0.2, 0) is 78.8 Å². The number of hydrogen-bond acceptors (Lipinski definition) is 10. The molecule has 12 nitrogen and oxygen atoms in total. The van der Waals surface area contributed by atoms with Crippen LogP contribution in [0.2, 0.25) is 0 Å². The lowest BCUT2D eigenvalue weighted by molar-refractivity contribution is -0.138. The third-order valence-corrected chi connectivity index (χ3v) is 18.1. The number of amides is 2. The Labute approximate surface area is 560 Å². The summed E-state index contributed by atoms with van der Waals surface area (Å²) in [6, 6.07) is 32.4. The summed E-state index contributed by atoms with van der Waals surface area (Å²) < 4.78 is 198. The van der Waals surface area contributed by atoms with Crippen LogP contribution in [0.15, 0.2) is 165 Å². The van der Waals surface area contributed by atoms with Crippen LogP contribution in [-0.4, -0.2) is 104 Å². The normalized spacial score (nSPS) is 15.9. The van der Waals surface area contributed by atoms with Gasteiger partial charge in [0.15, 0.2) is 10.3 Å². The van der Waals surface area contributed by atoms with E-state index in [0.717, 1.165) is 54.1 Å². The van der Waals surface area contributed by atoms with Crippen molar-refractivity contribution in [1.29, 1.82) is 0 Å². The van der Waals surface area contributed by atoms with E-state index in [2.05, 4.69) is 9.97 Å². The molecular formula is C71H74F8N8O4S2. The molecule has 2 aliphatic carbocycles. The highest BCUT2D eigenvalue weighted by molar-refractivity contribution is 7.98. The summed E-state index contributed by atoms with van der Waals surface area (Å²) in [4.78, 5) is 67.1. The first kappa shape index (κ1) is 55.5. The van der Waals surface area contributed by atoms with Gasteiger partial charge in [-0.25, -0.2) is 8.78 Å². The number of halogens is 8. The number of hydrogen-bond donors (Lipinski definition) is 0. The van der Waals surface area contributed by atoms with E-state index in [1.165, 1.54) is 83.9 Å². The van der Waals surface area contributed by atoms with Crippen LogP contribution in [0.1, 0.15) is 111 Å². The summed E-state index contributed by atoms with van der Waals surface area (Å²) in [7, 11) is 0. The molecule has 0 fully saturated rings. The summed E-state index contributed by atoms with van der Waals surface area (Å²) in [5.41, 5.74) is 4.75. The maximum Gasteiger partial charge on any atom is 0.416 e. The molecule has 1 unspecified atom stereocenters. The van der Waals surface area contributed by atoms with Crippen molar-refractivity contribution in [1.82, 2.24) is 38.7 Å². The van der Waals surface area contributed by atoms with E-state index in [-0.39, 0.29) is 55.8 Å². The van der Waals surface area contributed by atoms with Crippen molar-refractivity contribution in [2.45, 2.75) is 119 Å². The Hall–Kier alpha value is -7.92. The Morgan fingerprint density at radius 3 is 1.34 bits per heavy atom. The predicted octanol–water partition coefficient (Wildman–Crippen LogP) is 14.2. The van der Waals surface area contributed by atoms with E-state index in [4.69, 9.17) is 13.7 Å². The Balaban J connectivity index is 0.000000241. The lowest BCUT2D eigenvalue weighted by atomic mass is 9.99. The number of benzene rings is 6. The lowest BCUT2D eigenvalue weighted by Crippen LogP contribution is -2.41. The average molecular weight is 1330 g/mol. The molecule has 2 amide bonds. The summed E-state index contributed by atoms with van der Waals surface area (Å²) in [6.07, 6.45) is -5.54. The number of carbonyl (C=O) groups excluding carboxylic acids is 2. The zero-order chi connectivity index (χ0) is 76.1. The molecule has 2 heterocycles. The van der Waals surface area contributed by atoms with E-state index in [1.807, 2.05) is 0 Å². The first-order chi connectivity index (χ1) is 48.6. The number of aromatic nitrogens is 4.